The van der Waals surface area contributed by atoms with Crippen LogP contribution in [0, 0.1) is 0 Å². The molecule has 3 aromatic carbocycles. The Kier molecular flexibility index (Phi) is 3.47. The van der Waals surface area contributed by atoms with Crippen molar-refractivity contribution < 1.29 is 9.21 Å². The number of fused-ring (bicyclic) bond motifs is 2. The van der Waals surface area contributed by atoms with Gasteiger partial charge in [0.05, 0.1) is 0 Å². The molecule has 0 fully saturated rings. The molecule has 0 aliphatic carbocycles. The number of carbonyl (C=O) groups is 1. The molecule has 0 aliphatic heterocycles. The molecule has 0 saturated heterocycles. The molecule has 0 radical (unpaired) electrons. The molecule has 1 amide bonds. The van der Waals surface area contributed by atoms with Gasteiger partial charge in [0.2, 0.25) is 11.8 Å². The van der Waals surface area contributed by atoms with Gasteiger partial charge in [-0.3, -0.25) is 4.79 Å². The van der Waals surface area contributed by atoms with Crippen LogP contribution in [0.2, 0.25) is 5.02 Å². The van der Waals surface area contributed by atoms with E-state index in [9.17, 15) is 4.79 Å². The minimum atomic E-state index is -0.123. The summed E-state index contributed by atoms with van der Waals surface area (Å²) in [5.41, 5.74) is 2.93. The monoisotopic (exact) mass is 336 g/mol. The van der Waals surface area contributed by atoms with Gasteiger partial charge in [-0.05, 0) is 35.7 Å². The molecule has 1 N–H and O–H groups in total. The molecule has 0 unspecified atom stereocenters. The minimum Gasteiger partial charge on any atom is -0.436 e. The Morgan fingerprint density at radius 2 is 1.88 bits per heavy atom. The normalized spacial score (nSPS) is 11.1. The highest BCUT2D eigenvalue weighted by molar-refractivity contribution is 6.35. The Bertz CT molecular complexity index is 1090. The van der Waals surface area contributed by atoms with Crippen molar-refractivity contribution in [3.8, 4) is 11.5 Å². The number of rotatable bonds is 2. The Morgan fingerprint density at radius 3 is 2.71 bits per heavy atom. The number of hydrogen-bond acceptors (Lipinski definition) is 3. The summed E-state index contributed by atoms with van der Waals surface area (Å²) < 4.78 is 5.90. The van der Waals surface area contributed by atoms with Crippen LogP contribution in [0.4, 0.5) is 5.69 Å². The fourth-order valence-electron chi connectivity index (χ4n) is 2.78. The number of aromatic nitrogens is 1. The highest BCUT2D eigenvalue weighted by Crippen LogP contribution is 2.33. The third-order valence-electron chi connectivity index (χ3n) is 3.81. The summed E-state index contributed by atoms with van der Waals surface area (Å²) >= 11 is 6.27. The van der Waals surface area contributed by atoms with Crippen molar-refractivity contribution in [3.63, 3.8) is 0 Å². The topological polar surface area (TPSA) is 55.1 Å². The third-order valence-corrected chi connectivity index (χ3v) is 4.14. The van der Waals surface area contributed by atoms with E-state index in [2.05, 4.69) is 10.3 Å². The number of halogens is 1. The highest BCUT2D eigenvalue weighted by atomic mass is 35.5. The van der Waals surface area contributed by atoms with Crippen LogP contribution in [0.15, 0.2) is 59.0 Å². The quantitative estimate of drug-likeness (QED) is 0.543. The predicted octanol–water partition coefficient (Wildman–Crippen LogP) is 5.26. The van der Waals surface area contributed by atoms with Crippen LogP contribution >= 0.6 is 11.6 Å². The van der Waals surface area contributed by atoms with Gasteiger partial charge in [0, 0.05) is 28.6 Å². The van der Waals surface area contributed by atoms with Gasteiger partial charge in [0.15, 0.2) is 5.58 Å². The first-order valence-corrected chi connectivity index (χ1v) is 7.85. The lowest BCUT2D eigenvalue weighted by Crippen LogP contribution is -2.05. The van der Waals surface area contributed by atoms with E-state index < -0.39 is 0 Å². The van der Waals surface area contributed by atoms with Crippen LogP contribution < -0.4 is 5.32 Å². The predicted molar refractivity (Wildman–Crippen MR) is 96.3 cm³/mol. The van der Waals surface area contributed by atoms with Crippen molar-refractivity contribution in [1.82, 2.24) is 4.98 Å². The van der Waals surface area contributed by atoms with Crippen molar-refractivity contribution in [1.29, 1.82) is 0 Å². The van der Waals surface area contributed by atoms with Crippen LogP contribution in [0.25, 0.3) is 33.3 Å². The maximum absolute atomic E-state index is 11.2. The Morgan fingerprint density at radius 1 is 1.08 bits per heavy atom. The maximum Gasteiger partial charge on any atom is 0.227 e. The fourth-order valence-corrected chi connectivity index (χ4v) is 3.02. The number of anilines is 1. The first-order valence-electron chi connectivity index (χ1n) is 7.47. The van der Waals surface area contributed by atoms with Gasteiger partial charge < -0.3 is 9.73 Å². The number of carbonyl (C=O) groups excluding carboxylic acids is 1. The first kappa shape index (κ1) is 14.7. The summed E-state index contributed by atoms with van der Waals surface area (Å²) in [4.78, 5) is 15.8. The molecule has 4 nitrogen and oxygen atoms in total. The van der Waals surface area contributed by atoms with Gasteiger partial charge >= 0.3 is 0 Å². The smallest absolute Gasteiger partial charge is 0.227 e. The molecule has 0 aliphatic rings. The standard InChI is InChI=1S/C19H13ClN2O2/c1-11(23)21-12-8-9-18-17(10-12)22-19(24-18)15-6-2-5-14-13(15)4-3-7-16(14)20/h2-10H,1H3,(H,21,23). The minimum absolute atomic E-state index is 0.123. The van der Waals surface area contributed by atoms with Gasteiger partial charge in [-0.2, -0.15) is 0 Å². The fraction of sp³-hybridized carbons (Fsp3) is 0.0526. The summed E-state index contributed by atoms with van der Waals surface area (Å²) in [5.74, 6) is 0.402. The molecule has 5 heteroatoms. The van der Waals surface area contributed by atoms with Gasteiger partial charge in [-0.1, -0.05) is 35.9 Å². The Balaban J connectivity index is 1.88. The highest BCUT2D eigenvalue weighted by Gasteiger charge is 2.13. The molecule has 4 aromatic rings. The van der Waals surface area contributed by atoms with Crippen LogP contribution in [-0.2, 0) is 4.79 Å². The molecule has 24 heavy (non-hydrogen) atoms. The second-order valence-corrected chi connectivity index (χ2v) is 5.93. The van der Waals surface area contributed by atoms with Crippen molar-refractivity contribution >= 4 is 45.1 Å². The zero-order chi connectivity index (χ0) is 16.7. The summed E-state index contributed by atoms with van der Waals surface area (Å²) in [6.07, 6.45) is 0. The van der Waals surface area contributed by atoms with E-state index in [1.807, 2.05) is 36.4 Å². The lowest BCUT2D eigenvalue weighted by atomic mass is 10.0. The summed E-state index contributed by atoms with van der Waals surface area (Å²) in [6.45, 7) is 1.47. The summed E-state index contributed by atoms with van der Waals surface area (Å²) in [7, 11) is 0. The molecule has 0 atom stereocenters. The van der Waals surface area contributed by atoms with Gasteiger partial charge in [-0.15, -0.1) is 0 Å². The summed E-state index contributed by atoms with van der Waals surface area (Å²) in [5, 5.41) is 5.38. The van der Waals surface area contributed by atoms with Crippen LogP contribution in [0.5, 0.6) is 0 Å². The second-order valence-electron chi connectivity index (χ2n) is 5.52. The zero-order valence-corrected chi connectivity index (χ0v) is 13.6. The average Bonchev–Trinajstić information content (AvgIpc) is 2.97. The third kappa shape index (κ3) is 2.51. The van der Waals surface area contributed by atoms with Crippen molar-refractivity contribution in [2.24, 2.45) is 0 Å². The molecule has 0 bridgehead atoms. The number of benzene rings is 3. The Hall–Kier alpha value is -2.85. The van der Waals surface area contributed by atoms with Gasteiger partial charge in [0.1, 0.15) is 5.52 Å². The maximum atomic E-state index is 11.2. The van der Waals surface area contributed by atoms with E-state index in [0.29, 0.717) is 27.7 Å². The molecular weight excluding hydrogens is 324 g/mol. The summed E-state index contributed by atoms with van der Waals surface area (Å²) in [6, 6.07) is 17.0. The van der Waals surface area contributed by atoms with E-state index in [1.165, 1.54) is 6.92 Å². The van der Waals surface area contributed by atoms with E-state index in [4.69, 9.17) is 16.0 Å². The number of amides is 1. The molecular formula is C19H13ClN2O2. The van der Waals surface area contributed by atoms with Crippen molar-refractivity contribution in [2.75, 3.05) is 5.32 Å². The van der Waals surface area contributed by atoms with Gasteiger partial charge in [-0.25, -0.2) is 4.98 Å². The van der Waals surface area contributed by atoms with E-state index in [0.717, 1.165) is 16.3 Å². The van der Waals surface area contributed by atoms with E-state index >= 15 is 0 Å². The van der Waals surface area contributed by atoms with Gasteiger partial charge in [0.25, 0.3) is 0 Å². The van der Waals surface area contributed by atoms with Crippen LogP contribution in [-0.4, -0.2) is 10.9 Å². The number of oxazole rings is 1. The molecule has 0 spiro atoms. The number of nitrogens with zero attached hydrogens (tertiary/aromatic N) is 1. The number of hydrogen-bond donors (Lipinski definition) is 1. The van der Waals surface area contributed by atoms with Crippen LogP contribution in [0.3, 0.4) is 0 Å². The Labute approximate surface area is 143 Å². The molecule has 118 valence electrons. The molecule has 0 saturated carbocycles. The molecule has 1 heterocycles. The first-order chi connectivity index (χ1) is 11.6. The SMILES string of the molecule is CC(=O)Nc1ccc2oc(-c3cccc4c(Cl)cccc34)nc2c1. The molecule has 1 aromatic heterocycles. The molecule has 4 rings (SSSR count). The average molecular weight is 337 g/mol. The van der Waals surface area contributed by atoms with Crippen LogP contribution in [0.1, 0.15) is 6.92 Å². The lowest BCUT2D eigenvalue weighted by molar-refractivity contribution is -0.114. The largest absolute Gasteiger partial charge is 0.436 e. The van der Waals surface area contributed by atoms with E-state index in [1.54, 1.807) is 18.2 Å². The van der Waals surface area contributed by atoms with E-state index in [-0.39, 0.29) is 5.91 Å². The lowest BCUT2D eigenvalue weighted by Gasteiger charge is -2.04. The number of nitrogens with one attached hydrogen (secondary N) is 1. The zero-order valence-electron chi connectivity index (χ0n) is 12.8. The second kappa shape index (κ2) is 5.65. The van der Waals surface area contributed by atoms with Crippen molar-refractivity contribution in [2.45, 2.75) is 6.92 Å². The van der Waals surface area contributed by atoms with Crippen molar-refractivity contribution in [3.05, 3.63) is 59.6 Å².